The molecule has 1 amide bonds. The molecule has 1 heterocycles. The van der Waals surface area contributed by atoms with Crippen LogP contribution in [0.5, 0.6) is 11.5 Å². The van der Waals surface area contributed by atoms with E-state index in [4.69, 9.17) is 32.7 Å². The maximum atomic E-state index is 12.9. The van der Waals surface area contributed by atoms with Crippen molar-refractivity contribution in [1.82, 2.24) is 0 Å². The molecule has 0 N–H and O–H groups in total. The minimum absolute atomic E-state index is 0.0894. The van der Waals surface area contributed by atoms with Crippen molar-refractivity contribution in [2.45, 2.75) is 0 Å². The highest BCUT2D eigenvalue weighted by Gasteiger charge is 2.27. The largest absolute Gasteiger partial charge is 0.493 e. The van der Waals surface area contributed by atoms with E-state index >= 15 is 0 Å². The Morgan fingerprint density at radius 1 is 1.12 bits per heavy atom. The number of carbonyl (C=O) groups excluding carboxylic acids is 1. The zero-order valence-electron chi connectivity index (χ0n) is 14.0. The molecule has 2 aromatic rings. The average molecular weight is 504 g/mol. The number of anilines is 1. The zero-order chi connectivity index (χ0) is 18.7. The second-order valence-electron chi connectivity index (χ2n) is 5.54. The molecule has 0 unspecified atom stereocenters. The van der Waals surface area contributed by atoms with Crippen LogP contribution in [0.1, 0.15) is 5.56 Å². The Balaban J connectivity index is 1.85. The van der Waals surface area contributed by atoms with Gasteiger partial charge in [-0.1, -0.05) is 57.9 Å². The van der Waals surface area contributed by atoms with Crippen molar-refractivity contribution in [3.8, 4) is 11.5 Å². The van der Waals surface area contributed by atoms with Crippen LogP contribution in [0.4, 0.5) is 5.69 Å². The standard InChI is InChI=1S/C19H16Cl2INO3/c1-25-17-5-3-13(11-18(17)26-9-7-22)23-8-6-14(19(23)24)12-2-4-15(20)16(21)10-12/h2-6,10-11H,7-9H2,1H3. The minimum Gasteiger partial charge on any atom is -0.493 e. The third-order valence-corrected chi connectivity index (χ3v) is 5.16. The smallest absolute Gasteiger partial charge is 0.258 e. The number of ether oxygens (including phenoxy) is 2. The molecule has 0 fully saturated rings. The van der Waals surface area contributed by atoms with E-state index in [0.29, 0.717) is 40.3 Å². The number of benzene rings is 2. The lowest BCUT2D eigenvalue weighted by Gasteiger charge is -2.19. The van der Waals surface area contributed by atoms with Gasteiger partial charge in [0.2, 0.25) is 0 Å². The summed E-state index contributed by atoms with van der Waals surface area (Å²) in [6.45, 7) is 1.05. The van der Waals surface area contributed by atoms with Crippen molar-refractivity contribution in [1.29, 1.82) is 0 Å². The van der Waals surface area contributed by atoms with E-state index in [1.54, 1.807) is 30.2 Å². The molecular formula is C19H16Cl2INO3. The van der Waals surface area contributed by atoms with Crippen LogP contribution in [-0.2, 0) is 4.79 Å². The number of alkyl halides is 1. The van der Waals surface area contributed by atoms with Gasteiger partial charge in [-0.2, -0.15) is 0 Å². The number of hydrogen-bond donors (Lipinski definition) is 0. The van der Waals surface area contributed by atoms with E-state index < -0.39 is 0 Å². The van der Waals surface area contributed by atoms with Crippen LogP contribution in [0.3, 0.4) is 0 Å². The molecular weight excluding hydrogens is 488 g/mol. The molecule has 0 atom stereocenters. The quantitative estimate of drug-likeness (QED) is 0.399. The van der Waals surface area contributed by atoms with Crippen LogP contribution < -0.4 is 14.4 Å². The molecule has 0 bridgehead atoms. The lowest BCUT2D eigenvalue weighted by Crippen LogP contribution is -2.26. The number of methoxy groups -OCH3 is 1. The summed E-state index contributed by atoms with van der Waals surface area (Å²) in [5, 5.41) is 0.890. The summed E-state index contributed by atoms with van der Waals surface area (Å²) in [5.41, 5.74) is 2.11. The Morgan fingerprint density at radius 2 is 1.92 bits per heavy atom. The Morgan fingerprint density at radius 3 is 2.62 bits per heavy atom. The summed E-state index contributed by atoms with van der Waals surface area (Å²) in [7, 11) is 1.59. The number of amides is 1. The highest BCUT2D eigenvalue weighted by Crippen LogP contribution is 2.35. The van der Waals surface area contributed by atoms with Crippen molar-refractivity contribution in [2.75, 3.05) is 29.6 Å². The lowest BCUT2D eigenvalue weighted by molar-refractivity contribution is -0.112. The van der Waals surface area contributed by atoms with Crippen molar-refractivity contribution < 1.29 is 14.3 Å². The molecule has 0 aromatic heterocycles. The number of carbonyl (C=O) groups is 1. The normalized spacial score (nSPS) is 13.8. The van der Waals surface area contributed by atoms with Gasteiger partial charge < -0.3 is 14.4 Å². The highest BCUT2D eigenvalue weighted by atomic mass is 127. The zero-order valence-corrected chi connectivity index (χ0v) is 17.6. The topological polar surface area (TPSA) is 38.8 Å². The fourth-order valence-corrected chi connectivity index (χ4v) is 3.24. The summed E-state index contributed by atoms with van der Waals surface area (Å²) in [6.07, 6.45) is 1.89. The molecule has 136 valence electrons. The predicted molar refractivity (Wildman–Crippen MR) is 114 cm³/mol. The molecule has 4 nitrogen and oxygen atoms in total. The monoisotopic (exact) mass is 503 g/mol. The van der Waals surface area contributed by atoms with Gasteiger partial charge in [0.15, 0.2) is 11.5 Å². The summed E-state index contributed by atoms with van der Waals surface area (Å²) in [5.74, 6) is 1.17. The molecule has 0 spiro atoms. The Labute approximate surface area is 175 Å². The van der Waals surface area contributed by atoms with E-state index in [0.717, 1.165) is 15.7 Å². The number of halogens is 3. The van der Waals surface area contributed by atoms with Crippen LogP contribution >= 0.6 is 45.8 Å². The van der Waals surface area contributed by atoms with Crippen LogP contribution in [0, 0.1) is 0 Å². The van der Waals surface area contributed by atoms with E-state index in [-0.39, 0.29) is 5.91 Å². The second kappa shape index (κ2) is 8.50. The van der Waals surface area contributed by atoms with Gasteiger partial charge in [-0.05, 0) is 29.8 Å². The van der Waals surface area contributed by atoms with Gasteiger partial charge in [-0.25, -0.2) is 0 Å². The van der Waals surface area contributed by atoms with Gasteiger partial charge >= 0.3 is 0 Å². The maximum Gasteiger partial charge on any atom is 0.258 e. The fraction of sp³-hybridized carbons (Fsp3) is 0.211. The summed E-state index contributed by atoms with van der Waals surface area (Å²) in [6, 6.07) is 10.7. The van der Waals surface area contributed by atoms with Gasteiger partial charge in [-0.3, -0.25) is 4.79 Å². The van der Waals surface area contributed by atoms with Crippen LogP contribution in [0.2, 0.25) is 10.0 Å². The van der Waals surface area contributed by atoms with E-state index in [1.165, 1.54) is 0 Å². The molecule has 3 rings (SSSR count). The molecule has 1 aliphatic heterocycles. The summed E-state index contributed by atoms with van der Waals surface area (Å²) < 4.78 is 11.9. The van der Waals surface area contributed by atoms with Crippen LogP contribution in [-0.4, -0.2) is 30.6 Å². The second-order valence-corrected chi connectivity index (χ2v) is 7.43. The lowest BCUT2D eigenvalue weighted by atomic mass is 10.1. The third kappa shape index (κ3) is 3.94. The molecule has 0 saturated carbocycles. The van der Waals surface area contributed by atoms with Gasteiger partial charge in [-0.15, -0.1) is 0 Å². The predicted octanol–water partition coefficient (Wildman–Crippen LogP) is 5.25. The van der Waals surface area contributed by atoms with Crippen LogP contribution in [0.15, 0.2) is 42.5 Å². The fourth-order valence-electron chi connectivity index (χ4n) is 2.72. The molecule has 1 aliphatic rings. The average Bonchev–Trinajstić information content (AvgIpc) is 3.03. The molecule has 0 saturated heterocycles. The highest BCUT2D eigenvalue weighted by molar-refractivity contribution is 14.1. The van der Waals surface area contributed by atoms with E-state index in [2.05, 4.69) is 22.6 Å². The first-order chi connectivity index (χ1) is 12.5. The summed E-state index contributed by atoms with van der Waals surface area (Å²) >= 11 is 14.3. The van der Waals surface area contributed by atoms with Gasteiger partial charge in [0, 0.05) is 28.3 Å². The molecule has 7 heteroatoms. The first kappa shape index (κ1) is 19.3. The maximum absolute atomic E-state index is 12.9. The molecule has 0 aliphatic carbocycles. The Kier molecular flexibility index (Phi) is 6.32. The van der Waals surface area contributed by atoms with Crippen molar-refractivity contribution in [2.24, 2.45) is 0 Å². The van der Waals surface area contributed by atoms with Gasteiger partial charge in [0.1, 0.15) is 0 Å². The summed E-state index contributed by atoms with van der Waals surface area (Å²) in [4.78, 5) is 14.6. The molecule has 26 heavy (non-hydrogen) atoms. The van der Waals surface area contributed by atoms with Crippen molar-refractivity contribution >= 4 is 63.0 Å². The van der Waals surface area contributed by atoms with Crippen LogP contribution in [0.25, 0.3) is 5.57 Å². The Hall–Kier alpha value is -1.44. The van der Waals surface area contributed by atoms with Crippen molar-refractivity contribution in [3.05, 3.63) is 58.1 Å². The third-order valence-electron chi connectivity index (χ3n) is 3.98. The molecule has 0 radical (unpaired) electrons. The number of nitrogens with zero attached hydrogens (tertiary/aromatic N) is 1. The SMILES string of the molecule is COc1ccc(N2CC=C(c3ccc(Cl)c(Cl)c3)C2=O)cc1OCCI. The van der Waals surface area contributed by atoms with E-state index in [1.807, 2.05) is 24.3 Å². The minimum atomic E-state index is -0.0894. The number of rotatable bonds is 6. The molecule has 2 aromatic carbocycles. The van der Waals surface area contributed by atoms with E-state index in [9.17, 15) is 4.79 Å². The first-order valence-electron chi connectivity index (χ1n) is 7.89. The Bertz CT molecular complexity index is 870. The van der Waals surface area contributed by atoms with Gasteiger partial charge in [0.25, 0.3) is 5.91 Å². The van der Waals surface area contributed by atoms with Crippen molar-refractivity contribution in [3.63, 3.8) is 0 Å². The first-order valence-corrected chi connectivity index (χ1v) is 10.2. The number of hydrogen-bond acceptors (Lipinski definition) is 3. The van der Waals surface area contributed by atoms with Gasteiger partial charge in [0.05, 0.1) is 23.8 Å².